The molecule has 0 spiro atoms. The maximum absolute atomic E-state index is 2.50. The lowest BCUT2D eigenvalue weighted by Gasteiger charge is -2.31. The maximum Gasteiger partial charge on any atom is 0.0547 e. The van der Waals surface area contributed by atoms with Crippen LogP contribution < -0.4 is 4.90 Å². The average molecular weight is 805 g/mol. The fourth-order valence-electron chi connectivity index (χ4n) is 10.5. The van der Waals surface area contributed by atoms with E-state index in [4.69, 9.17) is 0 Å². The summed E-state index contributed by atoms with van der Waals surface area (Å²) in [5.74, 6) is 0. The van der Waals surface area contributed by atoms with E-state index in [1.165, 1.54) is 82.6 Å². The molecule has 0 unspecified atom stereocenters. The molecule has 0 N–H and O–H groups in total. The first kappa shape index (κ1) is 36.9. The Kier molecular flexibility index (Phi) is 8.55. The van der Waals surface area contributed by atoms with Crippen molar-refractivity contribution in [2.45, 2.75) is 19.3 Å². The van der Waals surface area contributed by atoms with Gasteiger partial charge in [-0.3, -0.25) is 0 Å². The number of fused-ring (bicyclic) bond motifs is 7. The van der Waals surface area contributed by atoms with Gasteiger partial charge in [-0.15, -0.1) is 0 Å². The van der Waals surface area contributed by atoms with Crippen molar-refractivity contribution in [2.75, 3.05) is 4.90 Å². The highest BCUT2D eigenvalue weighted by atomic mass is 15.1. The molecule has 2 nitrogen and oxygen atoms in total. The van der Waals surface area contributed by atoms with Crippen molar-refractivity contribution in [1.29, 1.82) is 0 Å². The van der Waals surface area contributed by atoms with Crippen LogP contribution in [-0.4, -0.2) is 4.57 Å². The van der Waals surface area contributed by atoms with E-state index in [0.29, 0.717) is 0 Å². The second-order valence-electron chi connectivity index (χ2n) is 17.3. The topological polar surface area (TPSA) is 8.17 Å². The van der Waals surface area contributed by atoms with E-state index in [-0.39, 0.29) is 5.41 Å². The molecule has 12 rings (SSSR count). The van der Waals surface area contributed by atoms with Crippen LogP contribution in [0.4, 0.5) is 17.1 Å². The van der Waals surface area contributed by atoms with Crippen LogP contribution in [0, 0.1) is 0 Å². The van der Waals surface area contributed by atoms with Gasteiger partial charge in [-0.25, -0.2) is 0 Å². The largest absolute Gasteiger partial charge is 0.309 e. The van der Waals surface area contributed by atoms with Crippen LogP contribution in [0.15, 0.2) is 231 Å². The first-order chi connectivity index (χ1) is 31.0. The van der Waals surface area contributed by atoms with Crippen LogP contribution in [0.1, 0.15) is 25.0 Å². The van der Waals surface area contributed by atoms with Crippen molar-refractivity contribution in [2.24, 2.45) is 0 Å². The molecule has 298 valence electrons. The van der Waals surface area contributed by atoms with Gasteiger partial charge in [0.1, 0.15) is 0 Å². The molecule has 0 amide bonds. The van der Waals surface area contributed by atoms with Crippen LogP contribution in [-0.2, 0) is 5.41 Å². The molecule has 10 aromatic carbocycles. The van der Waals surface area contributed by atoms with E-state index in [9.17, 15) is 0 Å². The maximum atomic E-state index is 2.50. The molecule has 0 atom stereocenters. The van der Waals surface area contributed by atoms with Crippen molar-refractivity contribution in [3.8, 4) is 50.2 Å². The molecule has 11 aromatic rings. The molecular weight excluding hydrogens is 761 g/mol. The lowest BCUT2D eigenvalue weighted by Crippen LogP contribution is -2.15. The first-order valence-electron chi connectivity index (χ1n) is 21.9. The van der Waals surface area contributed by atoms with Crippen molar-refractivity contribution >= 4 is 49.6 Å². The Morgan fingerprint density at radius 3 is 1.83 bits per heavy atom. The molecule has 1 aromatic heterocycles. The Labute approximate surface area is 368 Å². The minimum atomic E-state index is -0.113. The molecule has 0 aliphatic heterocycles. The molecule has 0 saturated heterocycles. The fourth-order valence-corrected chi connectivity index (χ4v) is 10.5. The normalized spacial score (nSPS) is 12.7. The lowest BCUT2D eigenvalue weighted by molar-refractivity contribution is 0.660. The summed E-state index contributed by atoms with van der Waals surface area (Å²) in [4.78, 5) is 2.50. The van der Waals surface area contributed by atoms with Gasteiger partial charge in [0.05, 0.1) is 22.4 Å². The SMILES string of the molecule is CC1(C)c2ccccc2-c2c(-c3ccccc3N(c3cccc(-c4cccc5c4c4ccccc4n5-c4ccccc4)c3)c3ccccc3-c3ccc4ccccc4c3)cccc21. The summed E-state index contributed by atoms with van der Waals surface area (Å²) in [6.07, 6.45) is 0. The third kappa shape index (κ3) is 5.86. The number of benzene rings is 10. The number of hydrogen-bond acceptors (Lipinski definition) is 1. The zero-order valence-corrected chi connectivity index (χ0v) is 35.3. The van der Waals surface area contributed by atoms with Gasteiger partial charge < -0.3 is 9.47 Å². The zero-order valence-electron chi connectivity index (χ0n) is 35.3. The van der Waals surface area contributed by atoms with Crippen molar-refractivity contribution in [1.82, 2.24) is 4.57 Å². The molecule has 1 heterocycles. The third-order valence-corrected chi connectivity index (χ3v) is 13.4. The van der Waals surface area contributed by atoms with Crippen molar-refractivity contribution in [3.63, 3.8) is 0 Å². The summed E-state index contributed by atoms with van der Waals surface area (Å²) >= 11 is 0. The zero-order chi connectivity index (χ0) is 42.1. The van der Waals surface area contributed by atoms with Crippen molar-refractivity contribution < 1.29 is 0 Å². The summed E-state index contributed by atoms with van der Waals surface area (Å²) < 4.78 is 2.40. The van der Waals surface area contributed by atoms with Gasteiger partial charge in [0.2, 0.25) is 0 Å². The second kappa shape index (κ2) is 14.6. The number of hydrogen-bond donors (Lipinski definition) is 0. The smallest absolute Gasteiger partial charge is 0.0547 e. The van der Waals surface area contributed by atoms with Gasteiger partial charge in [-0.05, 0) is 110 Å². The van der Waals surface area contributed by atoms with Gasteiger partial charge in [0.15, 0.2) is 0 Å². The minimum absolute atomic E-state index is 0.113. The Bertz CT molecular complexity index is 3550. The molecule has 2 heteroatoms. The van der Waals surface area contributed by atoms with Gasteiger partial charge in [0.25, 0.3) is 0 Å². The predicted molar refractivity (Wildman–Crippen MR) is 267 cm³/mol. The quantitative estimate of drug-likeness (QED) is 0.156. The predicted octanol–water partition coefficient (Wildman–Crippen LogP) is 16.7. The number of nitrogens with zero attached hydrogens (tertiary/aromatic N) is 2. The Morgan fingerprint density at radius 2 is 0.968 bits per heavy atom. The Hall–Kier alpha value is -7.94. The van der Waals surface area contributed by atoms with E-state index in [1.54, 1.807) is 0 Å². The number of para-hydroxylation sites is 4. The molecule has 63 heavy (non-hydrogen) atoms. The standard InChI is InChI=1S/C61H44N2/c1-61(2)53-31-12-8-27-51(53)59-50(30-17-32-54(59)61)49-26-10-14-34-56(49)63(55-33-13-9-25-47(55)44-38-37-41-19-6-7-20-42(41)39-44)46-24-16-21-43(40-46)48-29-18-36-58-60(48)52-28-11-15-35-57(52)62(58)45-22-4-3-5-23-45/h3-40H,1-2H3. The highest BCUT2D eigenvalue weighted by molar-refractivity contribution is 6.16. The number of rotatable bonds is 7. The van der Waals surface area contributed by atoms with Gasteiger partial charge in [-0.1, -0.05) is 190 Å². The van der Waals surface area contributed by atoms with Gasteiger partial charge >= 0.3 is 0 Å². The Balaban J connectivity index is 1.11. The molecule has 1 aliphatic carbocycles. The summed E-state index contributed by atoms with van der Waals surface area (Å²) in [7, 11) is 0. The molecule has 1 aliphatic rings. The fraction of sp³-hybridized carbons (Fsp3) is 0.0492. The molecule has 0 fully saturated rings. The summed E-state index contributed by atoms with van der Waals surface area (Å²) in [5.41, 5.74) is 19.3. The summed E-state index contributed by atoms with van der Waals surface area (Å²) in [6.45, 7) is 4.73. The summed E-state index contributed by atoms with van der Waals surface area (Å²) in [5, 5.41) is 4.95. The molecule has 0 saturated carbocycles. The van der Waals surface area contributed by atoms with E-state index in [2.05, 4.69) is 254 Å². The molecule has 0 radical (unpaired) electrons. The van der Waals surface area contributed by atoms with Gasteiger partial charge in [0, 0.05) is 38.7 Å². The summed E-state index contributed by atoms with van der Waals surface area (Å²) in [6, 6.07) is 84.7. The highest BCUT2D eigenvalue weighted by Gasteiger charge is 2.37. The van der Waals surface area contributed by atoms with Crippen LogP contribution in [0.25, 0.3) is 82.8 Å². The Morgan fingerprint density at radius 1 is 0.381 bits per heavy atom. The van der Waals surface area contributed by atoms with Crippen LogP contribution in [0.5, 0.6) is 0 Å². The van der Waals surface area contributed by atoms with E-state index in [0.717, 1.165) is 28.3 Å². The number of aromatic nitrogens is 1. The third-order valence-electron chi connectivity index (χ3n) is 13.4. The average Bonchev–Trinajstić information content (AvgIpc) is 3.81. The van der Waals surface area contributed by atoms with Crippen molar-refractivity contribution in [3.05, 3.63) is 242 Å². The van der Waals surface area contributed by atoms with Crippen LogP contribution >= 0.6 is 0 Å². The van der Waals surface area contributed by atoms with E-state index in [1.807, 2.05) is 0 Å². The van der Waals surface area contributed by atoms with Crippen LogP contribution in [0.2, 0.25) is 0 Å². The minimum Gasteiger partial charge on any atom is -0.309 e. The second-order valence-corrected chi connectivity index (χ2v) is 17.3. The first-order valence-corrected chi connectivity index (χ1v) is 21.9. The molecular formula is C61H44N2. The number of anilines is 3. The molecule has 0 bridgehead atoms. The van der Waals surface area contributed by atoms with E-state index < -0.39 is 0 Å². The lowest BCUT2D eigenvalue weighted by atomic mass is 9.82. The monoisotopic (exact) mass is 804 g/mol. The van der Waals surface area contributed by atoms with E-state index >= 15 is 0 Å². The van der Waals surface area contributed by atoms with Gasteiger partial charge in [-0.2, -0.15) is 0 Å². The van der Waals surface area contributed by atoms with Crippen LogP contribution in [0.3, 0.4) is 0 Å². The highest BCUT2D eigenvalue weighted by Crippen LogP contribution is 2.54.